The molecule has 2 heterocycles. The van der Waals surface area contributed by atoms with Crippen LogP contribution in [0.2, 0.25) is 0 Å². The van der Waals surface area contributed by atoms with Crippen molar-refractivity contribution in [3.05, 3.63) is 29.6 Å². The summed E-state index contributed by atoms with van der Waals surface area (Å²) in [5.74, 6) is 0.919. The standard InChI is InChI=1S/C20H29N3S/c21-18-6-4-16(5-7-18)8-10-22-11-13-23(14-12-22)19-3-1-2-17-9-15-24-20(17)19/h1-3,9,15-16,18H,4-8,10-14,21H2. The van der Waals surface area contributed by atoms with Crippen LogP contribution in [0.15, 0.2) is 29.6 Å². The van der Waals surface area contributed by atoms with E-state index in [0.717, 1.165) is 19.0 Å². The van der Waals surface area contributed by atoms with E-state index in [0.29, 0.717) is 6.04 Å². The van der Waals surface area contributed by atoms with Gasteiger partial charge in [-0.1, -0.05) is 12.1 Å². The molecule has 1 saturated carbocycles. The summed E-state index contributed by atoms with van der Waals surface area (Å²) in [6, 6.07) is 9.42. The lowest BCUT2D eigenvalue weighted by Crippen LogP contribution is -2.47. The van der Waals surface area contributed by atoms with Crippen LogP contribution >= 0.6 is 11.3 Å². The van der Waals surface area contributed by atoms with E-state index >= 15 is 0 Å². The molecule has 1 aliphatic heterocycles. The summed E-state index contributed by atoms with van der Waals surface area (Å²) < 4.78 is 1.45. The van der Waals surface area contributed by atoms with Crippen LogP contribution in [0, 0.1) is 5.92 Å². The molecule has 0 spiro atoms. The summed E-state index contributed by atoms with van der Waals surface area (Å²) in [4.78, 5) is 5.24. The van der Waals surface area contributed by atoms with Crippen molar-refractivity contribution in [3.63, 3.8) is 0 Å². The first-order valence-corrected chi connectivity index (χ1v) is 10.4. The Hall–Kier alpha value is -1.10. The molecule has 2 aliphatic rings. The van der Waals surface area contributed by atoms with Gasteiger partial charge in [0, 0.05) is 32.2 Å². The van der Waals surface area contributed by atoms with Crippen LogP contribution in [0.5, 0.6) is 0 Å². The summed E-state index contributed by atoms with van der Waals surface area (Å²) >= 11 is 1.87. The van der Waals surface area contributed by atoms with Gasteiger partial charge < -0.3 is 10.6 Å². The highest BCUT2D eigenvalue weighted by molar-refractivity contribution is 7.17. The first-order valence-electron chi connectivity index (χ1n) is 9.49. The second-order valence-corrected chi connectivity index (χ2v) is 8.43. The molecule has 0 unspecified atom stereocenters. The number of piperazine rings is 1. The third-order valence-electron chi connectivity index (χ3n) is 5.92. The van der Waals surface area contributed by atoms with Gasteiger partial charge >= 0.3 is 0 Å². The van der Waals surface area contributed by atoms with Crippen molar-refractivity contribution in [2.24, 2.45) is 11.7 Å². The molecule has 1 aromatic carbocycles. The number of hydrogen-bond acceptors (Lipinski definition) is 4. The molecule has 0 atom stereocenters. The second kappa shape index (κ2) is 7.42. The molecule has 24 heavy (non-hydrogen) atoms. The number of nitrogens with two attached hydrogens (primary N) is 1. The second-order valence-electron chi connectivity index (χ2n) is 7.51. The predicted octanol–water partition coefficient (Wildman–Crippen LogP) is 3.93. The Balaban J connectivity index is 1.28. The van der Waals surface area contributed by atoms with Crippen LogP contribution in [0.1, 0.15) is 32.1 Å². The molecule has 0 radical (unpaired) electrons. The molecule has 0 bridgehead atoms. The molecular weight excluding hydrogens is 314 g/mol. The zero-order chi connectivity index (χ0) is 16.4. The smallest absolute Gasteiger partial charge is 0.0576 e. The van der Waals surface area contributed by atoms with E-state index in [4.69, 9.17) is 5.73 Å². The van der Waals surface area contributed by atoms with Crippen molar-refractivity contribution in [1.82, 2.24) is 4.90 Å². The van der Waals surface area contributed by atoms with E-state index < -0.39 is 0 Å². The van der Waals surface area contributed by atoms with Crippen LogP contribution in [0.3, 0.4) is 0 Å². The fourth-order valence-corrected chi connectivity index (χ4v) is 5.22. The molecule has 1 saturated heterocycles. The summed E-state index contributed by atoms with van der Waals surface area (Å²) in [6.45, 7) is 6.00. The zero-order valence-corrected chi connectivity index (χ0v) is 15.3. The van der Waals surface area contributed by atoms with Crippen LogP contribution in [0.4, 0.5) is 5.69 Å². The van der Waals surface area contributed by atoms with E-state index in [9.17, 15) is 0 Å². The summed E-state index contributed by atoms with van der Waals surface area (Å²) in [7, 11) is 0. The van der Waals surface area contributed by atoms with Gasteiger partial charge in [0.25, 0.3) is 0 Å². The minimum Gasteiger partial charge on any atom is -0.368 e. The summed E-state index contributed by atoms with van der Waals surface area (Å²) in [5, 5.41) is 3.59. The number of anilines is 1. The monoisotopic (exact) mass is 343 g/mol. The first-order chi connectivity index (χ1) is 11.8. The lowest BCUT2D eigenvalue weighted by Gasteiger charge is -2.37. The molecule has 4 rings (SSSR count). The van der Waals surface area contributed by atoms with Gasteiger partial charge in [-0.3, -0.25) is 4.90 Å². The SMILES string of the molecule is NC1CCC(CCN2CCN(c3cccc4ccsc34)CC2)CC1. The molecule has 1 aliphatic carbocycles. The van der Waals surface area contributed by atoms with Gasteiger partial charge in [0.15, 0.2) is 0 Å². The highest BCUT2D eigenvalue weighted by Crippen LogP contribution is 2.32. The summed E-state index contributed by atoms with van der Waals surface area (Å²) in [5.41, 5.74) is 7.46. The average molecular weight is 344 g/mol. The van der Waals surface area contributed by atoms with Gasteiger partial charge in [-0.05, 0) is 67.5 Å². The Morgan fingerprint density at radius 2 is 1.79 bits per heavy atom. The fraction of sp³-hybridized carbons (Fsp3) is 0.600. The number of benzene rings is 1. The highest BCUT2D eigenvalue weighted by Gasteiger charge is 2.22. The number of fused-ring (bicyclic) bond motifs is 1. The lowest BCUT2D eigenvalue weighted by atomic mass is 9.84. The van der Waals surface area contributed by atoms with Gasteiger partial charge in [0.1, 0.15) is 0 Å². The minimum absolute atomic E-state index is 0.477. The molecule has 2 fully saturated rings. The zero-order valence-electron chi connectivity index (χ0n) is 14.5. The largest absolute Gasteiger partial charge is 0.368 e. The fourth-order valence-electron chi connectivity index (χ4n) is 4.28. The van der Waals surface area contributed by atoms with Crippen molar-refractivity contribution in [3.8, 4) is 0 Å². The van der Waals surface area contributed by atoms with Crippen molar-refractivity contribution < 1.29 is 0 Å². The van der Waals surface area contributed by atoms with E-state index in [2.05, 4.69) is 39.4 Å². The van der Waals surface area contributed by atoms with Crippen molar-refractivity contribution >= 4 is 27.1 Å². The minimum atomic E-state index is 0.477. The molecule has 130 valence electrons. The van der Waals surface area contributed by atoms with E-state index in [-0.39, 0.29) is 0 Å². The van der Waals surface area contributed by atoms with Crippen molar-refractivity contribution in [2.45, 2.75) is 38.1 Å². The third-order valence-corrected chi connectivity index (χ3v) is 6.87. The molecule has 4 heteroatoms. The maximum absolute atomic E-state index is 6.02. The van der Waals surface area contributed by atoms with Gasteiger partial charge in [-0.25, -0.2) is 0 Å². The normalized spacial score (nSPS) is 26.1. The van der Waals surface area contributed by atoms with Crippen molar-refractivity contribution in [2.75, 3.05) is 37.6 Å². The van der Waals surface area contributed by atoms with Gasteiger partial charge in [-0.2, -0.15) is 0 Å². The molecule has 2 N–H and O–H groups in total. The average Bonchev–Trinajstić information content (AvgIpc) is 3.10. The Labute approximate surface area is 149 Å². The molecule has 0 amide bonds. The molecule has 2 aromatic rings. The van der Waals surface area contributed by atoms with E-state index in [1.807, 2.05) is 11.3 Å². The Morgan fingerprint density at radius 3 is 2.58 bits per heavy atom. The van der Waals surface area contributed by atoms with Gasteiger partial charge in [0.05, 0.1) is 10.4 Å². The van der Waals surface area contributed by atoms with Crippen LogP contribution in [0.25, 0.3) is 10.1 Å². The molecule has 1 aromatic heterocycles. The first kappa shape index (κ1) is 16.4. The van der Waals surface area contributed by atoms with E-state index in [1.165, 1.54) is 67.5 Å². The van der Waals surface area contributed by atoms with E-state index in [1.54, 1.807) is 0 Å². The lowest BCUT2D eigenvalue weighted by molar-refractivity contribution is 0.217. The Morgan fingerprint density at radius 1 is 1.00 bits per heavy atom. The van der Waals surface area contributed by atoms with Crippen LogP contribution < -0.4 is 10.6 Å². The highest BCUT2D eigenvalue weighted by atomic mass is 32.1. The maximum Gasteiger partial charge on any atom is 0.0576 e. The number of nitrogens with zero attached hydrogens (tertiary/aromatic N) is 2. The number of thiophene rings is 1. The Kier molecular flexibility index (Phi) is 5.06. The van der Waals surface area contributed by atoms with Crippen LogP contribution in [-0.4, -0.2) is 43.7 Å². The quantitative estimate of drug-likeness (QED) is 0.913. The number of hydrogen-bond donors (Lipinski definition) is 1. The van der Waals surface area contributed by atoms with Gasteiger partial charge in [0.2, 0.25) is 0 Å². The van der Waals surface area contributed by atoms with Crippen molar-refractivity contribution in [1.29, 1.82) is 0 Å². The number of rotatable bonds is 4. The van der Waals surface area contributed by atoms with Crippen LogP contribution in [-0.2, 0) is 0 Å². The topological polar surface area (TPSA) is 32.5 Å². The maximum atomic E-state index is 6.02. The summed E-state index contributed by atoms with van der Waals surface area (Å²) in [6.07, 6.45) is 6.54. The third kappa shape index (κ3) is 3.61. The van der Waals surface area contributed by atoms with Gasteiger partial charge in [-0.15, -0.1) is 11.3 Å². The Bertz CT molecular complexity index is 652. The predicted molar refractivity (Wildman–Crippen MR) is 105 cm³/mol. The molecule has 3 nitrogen and oxygen atoms in total. The molecular formula is C20H29N3S.